The molecule has 1 aliphatic rings. The Bertz CT molecular complexity index is 1050. The van der Waals surface area contributed by atoms with Gasteiger partial charge >= 0.3 is 18.2 Å². The van der Waals surface area contributed by atoms with Gasteiger partial charge in [-0.1, -0.05) is 60.7 Å². The Labute approximate surface area is 222 Å². The first kappa shape index (κ1) is 28.9. The highest BCUT2D eigenvalue weighted by atomic mass is 16.8. The largest absolute Gasteiger partial charge is 0.528 e. The molecule has 206 valence electrons. The molecule has 2 N–H and O–H groups in total. The maximum absolute atomic E-state index is 13.2. The Morgan fingerprint density at radius 2 is 1.61 bits per heavy atom. The summed E-state index contributed by atoms with van der Waals surface area (Å²) in [7, 11) is 0. The van der Waals surface area contributed by atoms with E-state index in [0.717, 1.165) is 17.9 Å². The lowest BCUT2D eigenvalue weighted by atomic mass is 10.0. The van der Waals surface area contributed by atoms with Crippen LogP contribution in [0.4, 0.5) is 9.59 Å². The number of carbonyl (C=O) groups excluding carboxylic acids is 2. The van der Waals surface area contributed by atoms with E-state index < -0.39 is 42.5 Å². The minimum Gasteiger partial charge on any atom is -0.480 e. The van der Waals surface area contributed by atoms with Crippen LogP contribution in [-0.4, -0.2) is 69.7 Å². The topological polar surface area (TPSA) is 126 Å². The Hall–Kier alpha value is -3.63. The fourth-order valence-electron chi connectivity index (χ4n) is 3.82. The first-order valence-corrected chi connectivity index (χ1v) is 12.6. The van der Waals surface area contributed by atoms with E-state index in [1.54, 1.807) is 75.4 Å². The van der Waals surface area contributed by atoms with Gasteiger partial charge in [0.1, 0.15) is 12.2 Å². The monoisotopic (exact) mass is 528 g/mol. The minimum absolute atomic E-state index is 0.0504. The lowest BCUT2D eigenvalue weighted by molar-refractivity contribution is -0.204. The lowest BCUT2D eigenvalue weighted by Crippen LogP contribution is -2.51. The van der Waals surface area contributed by atoms with E-state index in [1.807, 2.05) is 6.07 Å². The van der Waals surface area contributed by atoms with Gasteiger partial charge in [0.2, 0.25) is 0 Å². The number of amides is 1. The van der Waals surface area contributed by atoms with Crippen molar-refractivity contribution < 1.29 is 38.9 Å². The van der Waals surface area contributed by atoms with E-state index in [0.29, 0.717) is 23.6 Å². The van der Waals surface area contributed by atoms with E-state index in [2.05, 4.69) is 0 Å². The molecule has 38 heavy (non-hydrogen) atoms. The van der Waals surface area contributed by atoms with Crippen LogP contribution >= 0.6 is 0 Å². The summed E-state index contributed by atoms with van der Waals surface area (Å²) in [5, 5.41) is 20.7. The summed E-state index contributed by atoms with van der Waals surface area (Å²) >= 11 is 0. The van der Waals surface area contributed by atoms with Gasteiger partial charge in [0.25, 0.3) is 0 Å². The van der Waals surface area contributed by atoms with Gasteiger partial charge in [-0.2, -0.15) is 0 Å². The zero-order chi connectivity index (χ0) is 27.7. The second kappa shape index (κ2) is 13.3. The van der Waals surface area contributed by atoms with Crippen molar-refractivity contribution in [1.82, 2.24) is 9.96 Å². The van der Waals surface area contributed by atoms with Crippen LogP contribution in [0.1, 0.15) is 50.8 Å². The third-order valence-electron chi connectivity index (χ3n) is 5.86. The Balaban J connectivity index is 1.91. The molecule has 0 aliphatic heterocycles. The van der Waals surface area contributed by atoms with Gasteiger partial charge in [-0.3, -0.25) is 4.79 Å². The smallest absolute Gasteiger partial charge is 0.480 e. The minimum atomic E-state index is -1.62. The molecule has 2 aromatic carbocycles. The third kappa shape index (κ3) is 9.04. The summed E-state index contributed by atoms with van der Waals surface area (Å²) in [5.41, 5.74) is 0.549. The maximum atomic E-state index is 13.2. The SMILES string of the molecule is CC(C)(C)OC(=O)N(CC1CC1)C[C@H](c1ccccc1)N(OC(=O)OCc1ccccc1)[C@H](CO)C(=O)O. The highest BCUT2D eigenvalue weighted by molar-refractivity contribution is 5.74. The number of hydrogen-bond donors (Lipinski definition) is 2. The number of carboxylic acid groups (broad SMARTS) is 1. The number of rotatable bonds is 12. The molecule has 0 bridgehead atoms. The number of benzene rings is 2. The third-order valence-corrected chi connectivity index (χ3v) is 5.86. The van der Waals surface area contributed by atoms with Crippen LogP contribution in [0.2, 0.25) is 0 Å². The predicted molar refractivity (Wildman–Crippen MR) is 138 cm³/mol. The average Bonchev–Trinajstić information content (AvgIpc) is 3.69. The van der Waals surface area contributed by atoms with Crippen molar-refractivity contribution in [3.05, 3.63) is 71.8 Å². The molecule has 0 radical (unpaired) electrons. The van der Waals surface area contributed by atoms with E-state index in [9.17, 15) is 24.6 Å². The number of aliphatic hydroxyl groups is 1. The van der Waals surface area contributed by atoms with Crippen LogP contribution < -0.4 is 0 Å². The van der Waals surface area contributed by atoms with Crippen molar-refractivity contribution in [3.63, 3.8) is 0 Å². The van der Waals surface area contributed by atoms with Crippen molar-refractivity contribution in [2.75, 3.05) is 19.7 Å². The molecule has 0 heterocycles. The van der Waals surface area contributed by atoms with Gasteiger partial charge in [0.15, 0.2) is 6.04 Å². The number of hydrogen-bond acceptors (Lipinski definition) is 8. The van der Waals surface area contributed by atoms with Gasteiger partial charge < -0.3 is 29.4 Å². The highest BCUT2D eigenvalue weighted by Crippen LogP contribution is 2.32. The Morgan fingerprint density at radius 3 is 2.13 bits per heavy atom. The molecular formula is C28H36N2O8. The van der Waals surface area contributed by atoms with Crippen LogP contribution in [0.3, 0.4) is 0 Å². The Kier molecular flexibility index (Phi) is 10.1. The van der Waals surface area contributed by atoms with Crippen LogP contribution in [0.15, 0.2) is 60.7 Å². The zero-order valence-electron chi connectivity index (χ0n) is 22.0. The van der Waals surface area contributed by atoms with Crippen LogP contribution in [0.25, 0.3) is 0 Å². The van der Waals surface area contributed by atoms with E-state index in [4.69, 9.17) is 14.3 Å². The summed E-state index contributed by atoms with van der Waals surface area (Å²) in [6.45, 7) is 4.70. The molecule has 1 saturated carbocycles. The number of carboxylic acids is 1. The molecule has 0 saturated heterocycles. The van der Waals surface area contributed by atoms with Crippen LogP contribution in [0.5, 0.6) is 0 Å². The fourth-order valence-corrected chi connectivity index (χ4v) is 3.82. The molecule has 3 rings (SSSR count). The van der Waals surface area contributed by atoms with Crippen molar-refractivity contribution in [2.24, 2.45) is 5.92 Å². The van der Waals surface area contributed by atoms with E-state index >= 15 is 0 Å². The second-order valence-electron chi connectivity index (χ2n) is 10.3. The van der Waals surface area contributed by atoms with Crippen molar-refractivity contribution in [2.45, 2.75) is 57.9 Å². The second-order valence-corrected chi connectivity index (χ2v) is 10.3. The predicted octanol–water partition coefficient (Wildman–Crippen LogP) is 4.39. The standard InChI is InChI=1S/C28H36N2O8/c1-28(2,3)37-26(34)29(16-20-14-15-20)17-23(22-12-8-5-9-13-22)30(24(18-31)25(32)33)38-27(35)36-19-21-10-6-4-7-11-21/h4-13,20,23-24,31H,14-19H2,1-3H3,(H,32,33)/t23-,24-/m1/s1. The quantitative estimate of drug-likeness (QED) is 0.305. The summed E-state index contributed by atoms with van der Waals surface area (Å²) in [5.74, 6) is -1.10. The van der Waals surface area contributed by atoms with Crippen molar-refractivity contribution >= 4 is 18.2 Å². The van der Waals surface area contributed by atoms with Crippen molar-refractivity contribution in [3.8, 4) is 0 Å². The zero-order valence-corrected chi connectivity index (χ0v) is 22.0. The molecule has 2 aromatic rings. The highest BCUT2D eigenvalue weighted by Gasteiger charge is 2.39. The van der Waals surface area contributed by atoms with Crippen LogP contribution in [0, 0.1) is 5.92 Å². The average molecular weight is 529 g/mol. The fraction of sp³-hybridized carbons (Fsp3) is 0.464. The first-order valence-electron chi connectivity index (χ1n) is 12.6. The number of aliphatic hydroxyl groups excluding tert-OH is 1. The van der Waals surface area contributed by atoms with E-state index in [-0.39, 0.29) is 13.2 Å². The molecule has 1 fully saturated rings. The molecular weight excluding hydrogens is 492 g/mol. The summed E-state index contributed by atoms with van der Waals surface area (Å²) in [6.07, 6.45) is 0.235. The van der Waals surface area contributed by atoms with Gasteiger partial charge in [0.05, 0.1) is 12.6 Å². The molecule has 10 heteroatoms. The number of ether oxygens (including phenoxy) is 2. The molecule has 10 nitrogen and oxygen atoms in total. The van der Waals surface area contributed by atoms with Gasteiger partial charge in [-0.05, 0) is 50.7 Å². The number of nitrogens with zero attached hydrogens (tertiary/aromatic N) is 2. The molecule has 0 spiro atoms. The van der Waals surface area contributed by atoms with Gasteiger partial charge in [-0.25, -0.2) is 9.59 Å². The van der Waals surface area contributed by atoms with Crippen molar-refractivity contribution in [1.29, 1.82) is 0 Å². The molecule has 2 atom stereocenters. The molecule has 1 amide bonds. The number of aliphatic carboxylic acids is 1. The first-order chi connectivity index (χ1) is 18.1. The lowest BCUT2D eigenvalue weighted by Gasteiger charge is -2.36. The molecule has 0 unspecified atom stereocenters. The summed E-state index contributed by atoms with van der Waals surface area (Å²) in [6, 6.07) is 15.1. The van der Waals surface area contributed by atoms with Crippen LogP contribution in [-0.2, 0) is 25.7 Å². The van der Waals surface area contributed by atoms with Gasteiger partial charge in [0, 0.05) is 13.1 Å². The molecule has 1 aliphatic carbocycles. The number of hydroxylamine groups is 2. The van der Waals surface area contributed by atoms with E-state index in [1.165, 1.54) is 4.90 Å². The Morgan fingerprint density at radius 1 is 1.00 bits per heavy atom. The molecule has 0 aromatic heterocycles. The van der Waals surface area contributed by atoms with Gasteiger partial charge in [-0.15, -0.1) is 5.06 Å². The normalized spacial score (nSPS) is 14.9. The number of carbonyl (C=O) groups is 3. The summed E-state index contributed by atoms with van der Waals surface area (Å²) < 4.78 is 10.8. The summed E-state index contributed by atoms with van der Waals surface area (Å²) in [4.78, 5) is 45.0. The maximum Gasteiger partial charge on any atom is 0.528 e.